The molecule has 0 atom stereocenters. The molecule has 0 unspecified atom stereocenters. The summed E-state index contributed by atoms with van der Waals surface area (Å²) in [7, 11) is -3.09. The van der Waals surface area contributed by atoms with Crippen molar-refractivity contribution in [2.45, 2.75) is 4.90 Å². The maximum atomic E-state index is 12.4. The number of nitrogens with one attached hydrogen (secondary N) is 1. The first-order valence-electron chi connectivity index (χ1n) is 6.93. The summed E-state index contributed by atoms with van der Waals surface area (Å²) in [6.07, 6.45) is 1.06. The van der Waals surface area contributed by atoms with Gasteiger partial charge in [-0.15, -0.1) is 0 Å². The molecular formula is C11H12N4O3S. The number of methoxy groups -OCH3 is 1. The Morgan fingerprint density at radius 2 is 2.00 bits per heavy atom. The smallest absolute Gasteiger partial charge is 0.263 e. The second-order valence-electron chi connectivity index (χ2n) is 3.29. The van der Waals surface area contributed by atoms with Crippen LogP contribution in [0.2, 0.25) is 0 Å². The molecule has 1 aromatic heterocycles. The van der Waals surface area contributed by atoms with Crippen molar-refractivity contribution < 1.29 is 18.6 Å². The topological polar surface area (TPSA) is 107 Å². The van der Waals surface area contributed by atoms with Gasteiger partial charge in [0.2, 0.25) is 5.88 Å². The maximum absolute atomic E-state index is 12.4. The summed E-state index contributed by atoms with van der Waals surface area (Å²) in [4.78, 5) is 6.59. The number of rotatable bonds is 4. The molecule has 0 amide bonds. The van der Waals surface area contributed by atoms with Crippen LogP contribution in [-0.2, 0) is 10.0 Å². The van der Waals surface area contributed by atoms with Gasteiger partial charge in [0.1, 0.15) is 12.1 Å². The number of nitrogens with zero attached hydrogens (tertiary/aromatic N) is 2. The summed E-state index contributed by atoms with van der Waals surface area (Å²) >= 11 is 0. The van der Waals surface area contributed by atoms with E-state index in [1.54, 1.807) is 0 Å². The molecule has 100 valence electrons. The van der Waals surface area contributed by atoms with Gasteiger partial charge in [0.05, 0.1) is 17.5 Å². The van der Waals surface area contributed by atoms with E-state index >= 15 is 0 Å². The molecule has 1 heterocycles. The molecule has 0 aliphatic heterocycles. The van der Waals surface area contributed by atoms with Gasteiger partial charge in [-0.25, -0.2) is 18.4 Å². The number of benzene rings is 1. The van der Waals surface area contributed by atoms with Crippen LogP contribution in [-0.4, -0.2) is 25.5 Å². The third-order valence-electron chi connectivity index (χ3n) is 1.98. The van der Waals surface area contributed by atoms with Crippen LogP contribution in [0.15, 0.2) is 41.5 Å². The lowest BCUT2D eigenvalue weighted by Gasteiger charge is -2.08. The van der Waals surface area contributed by atoms with Gasteiger partial charge < -0.3 is 10.5 Å². The molecule has 0 aliphatic carbocycles. The number of hydrogen-bond donors (Lipinski definition) is 2. The number of hydrogen-bond acceptors (Lipinski definition) is 6. The lowest BCUT2D eigenvalue weighted by atomic mass is 10.3. The molecule has 7 nitrogen and oxygen atoms in total. The van der Waals surface area contributed by atoms with Gasteiger partial charge in [-0.05, 0) is 24.2 Å². The largest absolute Gasteiger partial charge is 0.481 e. The van der Waals surface area contributed by atoms with Crippen LogP contribution in [0.4, 0.5) is 11.5 Å². The molecule has 19 heavy (non-hydrogen) atoms. The highest BCUT2D eigenvalue weighted by Gasteiger charge is 2.14. The number of nitrogens with two attached hydrogens (primary N) is 1. The zero-order chi connectivity index (χ0) is 17.4. The Kier molecular flexibility index (Phi) is 2.34. The quantitative estimate of drug-likeness (QED) is 0.807. The minimum absolute atomic E-state index is 0.106. The highest BCUT2D eigenvalue weighted by molar-refractivity contribution is 7.92. The van der Waals surface area contributed by atoms with Crippen LogP contribution in [0.25, 0.3) is 0 Å². The molecule has 0 aliphatic rings. The average Bonchev–Trinajstić information content (AvgIpc) is 2.50. The van der Waals surface area contributed by atoms with Crippen LogP contribution < -0.4 is 15.2 Å². The first-order valence-corrected chi connectivity index (χ1v) is 6.42. The van der Waals surface area contributed by atoms with Crippen LogP contribution in [0.5, 0.6) is 5.88 Å². The molecule has 2 rings (SSSR count). The fourth-order valence-electron chi connectivity index (χ4n) is 1.14. The summed E-state index contributed by atoms with van der Waals surface area (Å²) in [6.45, 7) is 0. The summed E-state index contributed by atoms with van der Waals surface area (Å²) in [5.41, 5.74) is 4.99. The second-order valence-corrected chi connectivity index (χ2v) is 4.91. The summed E-state index contributed by atoms with van der Waals surface area (Å²) in [6, 6.07) is -1.60. The van der Waals surface area contributed by atoms with E-state index in [4.69, 9.17) is 16.0 Å². The average molecular weight is 284 g/mol. The lowest BCUT2D eigenvalue weighted by molar-refractivity contribution is 0.397. The standard InChI is InChI=1S/C11H12N4O3S/c1-18-11-6-10(13-7-14-11)15-19(16,17)9-4-2-8(12)3-5-9/h2-7H,12H2,1H3,(H,13,14,15)/i2D,3D,4D,5D. The predicted octanol–water partition coefficient (Wildman–Crippen LogP) is 0.868. The summed E-state index contributed by atoms with van der Waals surface area (Å²) in [5.74, 6) is -0.0416. The van der Waals surface area contributed by atoms with Crippen LogP contribution in [0.3, 0.4) is 0 Å². The van der Waals surface area contributed by atoms with E-state index in [9.17, 15) is 8.42 Å². The highest BCUT2D eigenvalue weighted by Crippen LogP contribution is 2.17. The van der Waals surface area contributed by atoms with Gasteiger partial charge in [-0.1, -0.05) is 0 Å². The molecular weight excluding hydrogens is 268 g/mol. The van der Waals surface area contributed by atoms with Gasteiger partial charge in [-0.3, -0.25) is 4.72 Å². The van der Waals surface area contributed by atoms with E-state index in [-0.39, 0.29) is 11.7 Å². The van der Waals surface area contributed by atoms with Crippen molar-refractivity contribution in [3.63, 3.8) is 0 Å². The highest BCUT2D eigenvalue weighted by atomic mass is 32.2. The van der Waals surface area contributed by atoms with Crippen molar-refractivity contribution in [3.05, 3.63) is 36.6 Å². The molecule has 8 heteroatoms. The molecule has 0 saturated carbocycles. The van der Waals surface area contributed by atoms with Crippen molar-refractivity contribution in [2.24, 2.45) is 0 Å². The van der Waals surface area contributed by atoms with Gasteiger partial charge in [-0.2, -0.15) is 0 Å². The zero-order valence-corrected chi connectivity index (χ0v) is 10.6. The fraction of sp³-hybridized carbons (Fsp3) is 0.0909. The molecule has 0 spiro atoms. The third kappa shape index (κ3) is 3.10. The zero-order valence-electron chi connectivity index (χ0n) is 13.8. The molecule has 1 aromatic carbocycles. The van der Waals surface area contributed by atoms with Crippen molar-refractivity contribution in [2.75, 3.05) is 17.6 Å². The molecule has 2 aromatic rings. The van der Waals surface area contributed by atoms with Gasteiger partial charge in [0.15, 0.2) is 0 Å². The maximum Gasteiger partial charge on any atom is 0.263 e. The van der Waals surface area contributed by atoms with Crippen molar-refractivity contribution >= 4 is 21.5 Å². The number of anilines is 2. The van der Waals surface area contributed by atoms with Gasteiger partial charge in [0, 0.05) is 11.8 Å². The third-order valence-corrected chi connectivity index (χ3v) is 3.20. The first kappa shape index (κ1) is 8.70. The second kappa shape index (κ2) is 5.11. The minimum atomic E-state index is -4.43. The Balaban J connectivity index is 2.56. The Morgan fingerprint density at radius 1 is 1.32 bits per heavy atom. The molecule has 0 radical (unpaired) electrons. The van der Waals surface area contributed by atoms with Crippen LogP contribution in [0.1, 0.15) is 5.48 Å². The van der Waals surface area contributed by atoms with Crippen molar-refractivity contribution in [1.29, 1.82) is 0 Å². The SMILES string of the molecule is [2H]c1c([2H])c(S(=O)(=O)Nc2cc(OC)ncn2)c([2H])c([2H])c1N. The number of aromatic nitrogens is 2. The van der Waals surface area contributed by atoms with Gasteiger partial charge in [0.25, 0.3) is 10.0 Å². The molecule has 3 N–H and O–H groups in total. The lowest BCUT2D eigenvalue weighted by Crippen LogP contribution is -2.14. The van der Waals surface area contributed by atoms with E-state index in [1.165, 1.54) is 13.2 Å². The van der Waals surface area contributed by atoms with E-state index in [1.807, 2.05) is 0 Å². The Hall–Kier alpha value is -2.35. The van der Waals surface area contributed by atoms with E-state index in [2.05, 4.69) is 14.7 Å². The summed E-state index contributed by atoms with van der Waals surface area (Å²) < 4.78 is 62.3. The van der Waals surface area contributed by atoms with Crippen LogP contribution >= 0.6 is 0 Å². The Labute approximate surface area is 116 Å². The predicted molar refractivity (Wildman–Crippen MR) is 70.2 cm³/mol. The Morgan fingerprint density at radius 3 is 2.63 bits per heavy atom. The molecule has 0 saturated heterocycles. The normalized spacial score (nSPS) is 13.9. The minimum Gasteiger partial charge on any atom is -0.481 e. The Bertz CT molecular complexity index is 847. The van der Waals surface area contributed by atoms with E-state index < -0.39 is 44.8 Å². The fourth-order valence-corrected chi connectivity index (χ4v) is 2.00. The molecule has 0 bridgehead atoms. The molecule has 0 fully saturated rings. The number of nitrogen functional groups attached to an aromatic ring is 1. The van der Waals surface area contributed by atoms with E-state index in [0.29, 0.717) is 0 Å². The first-order chi connectivity index (χ1) is 10.7. The number of ether oxygens (including phenoxy) is 1. The van der Waals surface area contributed by atoms with Crippen LogP contribution in [0, 0.1) is 0 Å². The number of sulfonamides is 1. The van der Waals surface area contributed by atoms with Gasteiger partial charge >= 0.3 is 0 Å². The van der Waals surface area contributed by atoms with Crippen molar-refractivity contribution in [3.8, 4) is 5.88 Å². The monoisotopic (exact) mass is 284 g/mol. The van der Waals surface area contributed by atoms with E-state index in [0.717, 1.165) is 6.33 Å². The summed E-state index contributed by atoms with van der Waals surface area (Å²) in [5, 5.41) is 0. The van der Waals surface area contributed by atoms with Crippen molar-refractivity contribution in [1.82, 2.24) is 9.97 Å².